The molecule has 190 valence electrons. The molecule has 0 spiro atoms. The van der Waals surface area contributed by atoms with Crippen LogP contribution in [0.3, 0.4) is 0 Å². The third kappa shape index (κ3) is 4.46. The predicted octanol–water partition coefficient (Wildman–Crippen LogP) is 6.50. The van der Waals surface area contributed by atoms with E-state index in [4.69, 9.17) is 18.6 Å². The van der Waals surface area contributed by atoms with E-state index in [1.807, 2.05) is 38.1 Å². The number of fused-ring (bicyclic) bond motifs is 2. The van der Waals surface area contributed by atoms with Crippen LogP contribution in [0.2, 0.25) is 0 Å². The number of carbonyl (C=O) groups is 1. The lowest BCUT2D eigenvalue weighted by Crippen LogP contribution is -2.29. The van der Waals surface area contributed by atoms with Gasteiger partial charge in [0.05, 0.1) is 37.3 Å². The highest BCUT2D eigenvalue weighted by Crippen LogP contribution is 2.44. The molecular weight excluding hydrogens is 538 g/mol. The number of anilines is 1. The highest BCUT2D eigenvalue weighted by Gasteiger charge is 2.44. The summed E-state index contributed by atoms with van der Waals surface area (Å²) in [6.07, 6.45) is 0.852. The first kappa shape index (κ1) is 24.9. The molecule has 1 amide bonds. The molecule has 0 bridgehead atoms. The molecule has 0 fully saturated rings. The Morgan fingerprint density at radius 1 is 0.973 bits per heavy atom. The Balaban J connectivity index is 1.76. The van der Waals surface area contributed by atoms with Crippen molar-refractivity contribution in [3.8, 4) is 17.2 Å². The molecule has 2 heterocycles. The number of halogens is 1. The molecule has 0 N–H and O–H groups in total. The van der Waals surface area contributed by atoms with E-state index in [1.165, 1.54) is 0 Å². The van der Waals surface area contributed by atoms with Gasteiger partial charge in [0.2, 0.25) is 5.76 Å². The number of benzene rings is 3. The first-order valence-corrected chi connectivity index (χ1v) is 12.9. The van der Waals surface area contributed by atoms with E-state index >= 15 is 0 Å². The summed E-state index contributed by atoms with van der Waals surface area (Å²) in [5, 5.41) is 0.395. The fraction of sp³-hybridized carbons (Fsp3) is 0.241. The van der Waals surface area contributed by atoms with Gasteiger partial charge in [-0.1, -0.05) is 35.0 Å². The highest BCUT2D eigenvalue weighted by atomic mass is 79.9. The maximum absolute atomic E-state index is 13.9. The molecule has 0 saturated heterocycles. The summed E-state index contributed by atoms with van der Waals surface area (Å²) in [6, 6.07) is 17.1. The fourth-order valence-corrected chi connectivity index (χ4v) is 4.94. The smallest absolute Gasteiger partial charge is 0.295 e. The normalized spacial score (nSPS) is 14.6. The van der Waals surface area contributed by atoms with Crippen LogP contribution in [0.15, 0.2) is 74.3 Å². The molecular formula is C29H26BrNO6. The standard InChI is InChI=1S/C29H26BrNO6/c1-4-13-36-23-11-9-17(14-24(23)35-5-2)26-25-27(32)21-15-18(30)10-12-22(21)37-28(25)29(33)31(26)19-7-6-8-20(16-19)34-3/h6-12,14-16,26H,4-5,13H2,1-3H3. The molecule has 0 aliphatic carbocycles. The lowest BCUT2D eigenvalue weighted by molar-refractivity contribution is 0.0971. The molecule has 1 aromatic heterocycles. The van der Waals surface area contributed by atoms with E-state index in [0.717, 1.165) is 10.9 Å². The number of ether oxygens (including phenoxy) is 3. The van der Waals surface area contributed by atoms with Gasteiger partial charge in [0, 0.05) is 16.2 Å². The second-order valence-corrected chi connectivity index (χ2v) is 9.50. The van der Waals surface area contributed by atoms with Gasteiger partial charge in [0.15, 0.2) is 16.9 Å². The summed E-state index contributed by atoms with van der Waals surface area (Å²) in [5.41, 5.74) is 1.65. The molecule has 5 rings (SSSR count). The second-order valence-electron chi connectivity index (χ2n) is 8.58. The van der Waals surface area contributed by atoms with E-state index in [2.05, 4.69) is 15.9 Å². The summed E-state index contributed by atoms with van der Waals surface area (Å²) < 4.78 is 24.0. The minimum absolute atomic E-state index is 0.0249. The van der Waals surface area contributed by atoms with Crippen LogP contribution < -0.4 is 24.5 Å². The van der Waals surface area contributed by atoms with Crippen molar-refractivity contribution in [1.82, 2.24) is 0 Å². The molecule has 0 radical (unpaired) electrons. The van der Waals surface area contributed by atoms with Gasteiger partial charge in [0.25, 0.3) is 5.91 Å². The van der Waals surface area contributed by atoms with Crippen LogP contribution in [0.1, 0.15) is 48.0 Å². The largest absolute Gasteiger partial charge is 0.497 e. The van der Waals surface area contributed by atoms with E-state index in [0.29, 0.717) is 52.7 Å². The zero-order valence-electron chi connectivity index (χ0n) is 20.7. The summed E-state index contributed by atoms with van der Waals surface area (Å²) in [5.74, 6) is 1.37. The van der Waals surface area contributed by atoms with Crippen LogP contribution in [0, 0.1) is 0 Å². The van der Waals surface area contributed by atoms with Gasteiger partial charge in [-0.2, -0.15) is 0 Å². The molecule has 37 heavy (non-hydrogen) atoms. The SMILES string of the molecule is CCCOc1ccc(C2c3c(oc4ccc(Br)cc4c3=O)C(=O)N2c2cccc(OC)c2)cc1OCC. The molecule has 7 nitrogen and oxygen atoms in total. The Morgan fingerprint density at radius 3 is 2.57 bits per heavy atom. The second kappa shape index (κ2) is 10.3. The molecule has 4 aromatic rings. The van der Waals surface area contributed by atoms with Crippen molar-refractivity contribution in [2.75, 3.05) is 25.2 Å². The van der Waals surface area contributed by atoms with Crippen molar-refractivity contribution >= 4 is 38.5 Å². The van der Waals surface area contributed by atoms with Crippen molar-refractivity contribution in [3.63, 3.8) is 0 Å². The van der Waals surface area contributed by atoms with Crippen LogP contribution in [-0.2, 0) is 0 Å². The molecule has 3 aromatic carbocycles. The Morgan fingerprint density at radius 2 is 1.81 bits per heavy atom. The number of hydrogen-bond acceptors (Lipinski definition) is 6. The van der Waals surface area contributed by atoms with E-state index < -0.39 is 11.9 Å². The number of methoxy groups -OCH3 is 1. The average molecular weight is 564 g/mol. The van der Waals surface area contributed by atoms with Crippen molar-refractivity contribution in [2.24, 2.45) is 0 Å². The lowest BCUT2D eigenvalue weighted by atomic mass is 9.97. The highest BCUT2D eigenvalue weighted by molar-refractivity contribution is 9.10. The summed E-state index contributed by atoms with van der Waals surface area (Å²) in [7, 11) is 1.57. The van der Waals surface area contributed by atoms with Gasteiger partial charge in [0.1, 0.15) is 11.3 Å². The van der Waals surface area contributed by atoms with Crippen LogP contribution in [0.5, 0.6) is 17.2 Å². The van der Waals surface area contributed by atoms with E-state index in [1.54, 1.807) is 48.4 Å². The predicted molar refractivity (Wildman–Crippen MR) is 145 cm³/mol. The topological polar surface area (TPSA) is 78.2 Å². The molecule has 8 heteroatoms. The number of nitrogens with zero attached hydrogens (tertiary/aromatic N) is 1. The van der Waals surface area contributed by atoms with Crippen LogP contribution in [-0.4, -0.2) is 26.2 Å². The minimum atomic E-state index is -0.742. The van der Waals surface area contributed by atoms with Crippen LogP contribution in [0.25, 0.3) is 11.0 Å². The molecule has 1 unspecified atom stereocenters. The maximum atomic E-state index is 13.9. The van der Waals surface area contributed by atoms with Crippen LogP contribution >= 0.6 is 15.9 Å². The maximum Gasteiger partial charge on any atom is 0.295 e. The minimum Gasteiger partial charge on any atom is -0.497 e. The lowest BCUT2D eigenvalue weighted by Gasteiger charge is -2.26. The van der Waals surface area contributed by atoms with E-state index in [-0.39, 0.29) is 16.8 Å². The van der Waals surface area contributed by atoms with Gasteiger partial charge in [-0.3, -0.25) is 14.5 Å². The number of amides is 1. The van der Waals surface area contributed by atoms with E-state index in [9.17, 15) is 9.59 Å². The Hall–Kier alpha value is -3.78. The fourth-order valence-electron chi connectivity index (χ4n) is 4.58. The van der Waals surface area contributed by atoms with Crippen molar-refractivity contribution in [2.45, 2.75) is 26.3 Å². The third-order valence-electron chi connectivity index (χ3n) is 6.21. The van der Waals surface area contributed by atoms with Crippen molar-refractivity contribution < 1.29 is 23.4 Å². The molecule has 1 aliphatic rings. The summed E-state index contributed by atoms with van der Waals surface area (Å²) >= 11 is 3.44. The quantitative estimate of drug-likeness (QED) is 0.243. The van der Waals surface area contributed by atoms with Gasteiger partial charge in [-0.15, -0.1) is 0 Å². The van der Waals surface area contributed by atoms with Gasteiger partial charge in [-0.25, -0.2) is 0 Å². The number of rotatable bonds is 8. The van der Waals surface area contributed by atoms with Gasteiger partial charge >= 0.3 is 0 Å². The zero-order chi connectivity index (χ0) is 26.1. The molecule has 1 atom stereocenters. The van der Waals surface area contributed by atoms with Gasteiger partial charge in [-0.05, 0) is 61.4 Å². The molecule has 0 saturated carbocycles. The third-order valence-corrected chi connectivity index (χ3v) is 6.70. The first-order chi connectivity index (χ1) is 18.0. The zero-order valence-corrected chi connectivity index (χ0v) is 22.3. The Labute approximate surface area is 222 Å². The summed E-state index contributed by atoms with van der Waals surface area (Å²) in [6.45, 7) is 4.91. The van der Waals surface area contributed by atoms with Crippen LogP contribution in [0.4, 0.5) is 5.69 Å². The summed E-state index contributed by atoms with van der Waals surface area (Å²) in [4.78, 5) is 29.3. The Kier molecular flexibility index (Phi) is 6.93. The Bertz CT molecular complexity index is 1550. The monoisotopic (exact) mass is 563 g/mol. The first-order valence-electron chi connectivity index (χ1n) is 12.1. The average Bonchev–Trinajstić information content (AvgIpc) is 3.21. The number of hydrogen-bond donors (Lipinski definition) is 0. The van der Waals surface area contributed by atoms with Crippen molar-refractivity contribution in [3.05, 3.63) is 92.2 Å². The van der Waals surface area contributed by atoms with Gasteiger partial charge < -0.3 is 18.6 Å². The van der Waals surface area contributed by atoms with Crippen molar-refractivity contribution in [1.29, 1.82) is 0 Å². The molecule has 1 aliphatic heterocycles. The number of carbonyl (C=O) groups excluding carboxylic acids is 1.